The van der Waals surface area contributed by atoms with Crippen molar-refractivity contribution in [3.63, 3.8) is 0 Å². The molecule has 0 aliphatic heterocycles. The number of hydrogen-bond donors (Lipinski definition) is 0. The van der Waals surface area contributed by atoms with E-state index >= 15 is 0 Å². The molecule has 78 valence electrons. The van der Waals surface area contributed by atoms with Gasteiger partial charge >= 0.3 is 0 Å². The van der Waals surface area contributed by atoms with Gasteiger partial charge in [0.2, 0.25) is 0 Å². The van der Waals surface area contributed by atoms with Crippen LogP contribution < -0.4 is 0 Å². The third-order valence-electron chi connectivity index (χ3n) is 3.13. The Morgan fingerprint density at radius 2 is 1.43 bits per heavy atom. The molecule has 1 aromatic rings. The second kappa shape index (κ2) is 5.19. The summed E-state index contributed by atoms with van der Waals surface area (Å²) in [6.07, 6.45) is 2.35. The Morgan fingerprint density at radius 1 is 0.929 bits per heavy atom. The van der Waals surface area contributed by atoms with Gasteiger partial charge in [0.1, 0.15) is 0 Å². The van der Waals surface area contributed by atoms with Crippen molar-refractivity contribution in [1.82, 2.24) is 0 Å². The summed E-state index contributed by atoms with van der Waals surface area (Å²) < 4.78 is 0. The smallest absolute Gasteiger partial charge is 0.0251 e. The molecule has 1 aromatic carbocycles. The van der Waals surface area contributed by atoms with E-state index in [-0.39, 0.29) is 0 Å². The molecule has 14 heavy (non-hydrogen) atoms. The van der Waals surface area contributed by atoms with Crippen molar-refractivity contribution in [1.29, 1.82) is 0 Å². The van der Waals surface area contributed by atoms with Crippen LogP contribution in [0.2, 0.25) is 0 Å². The number of benzene rings is 1. The third kappa shape index (κ3) is 3.17. The minimum atomic E-state index is 0.779. The Morgan fingerprint density at radius 3 is 1.86 bits per heavy atom. The van der Waals surface area contributed by atoms with Crippen molar-refractivity contribution in [2.75, 3.05) is 0 Å². The van der Waals surface area contributed by atoms with Crippen LogP contribution >= 0.6 is 0 Å². The normalized spacial score (nSPS) is 13.2. The molecule has 0 bridgehead atoms. The summed E-state index contributed by atoms with van der Waals surface area (Å²) in [6, 6.07) is 9.06. The zero-order chi connectivity index (χ0) is 10.6. The van der Waals surface area contributed by atoms with Crippen LogP contribution in [-0.2, 0) is 12.8 Å². The lowest BCUT2D eigenvalue weighted by Crippen LogP contribution is -2.07. The van der Waals surface area contributed by atoms with Crippen LogP contribution in [0.1, 0.15) is 38.8 Å². The molecule has 0 amide bonds. The van der Waals surface area contributed by atoms with Crippen LogP contribution in [0.3, 0.4) is 0 Å². The van der Waals surface area contributed by atoms with E-state index in [9.17, 15) is 0 Å². The molecule has 0 aromatic heterocycles. The van der Waals surface area contributed by atoms with E-state index in [4.69, 9.17) is 0 Å². The highest BCUT2D eigenvalue weighted by molar-refractivity contribution is 5.22. The SMILES string of the molecule is CCc1ccc(CC(C)C(C)C)cc1. The number of rotatable bonds is 4. The van der Waals surface area contributed by atoms with Gasteiger partial charge in [0, 0.05) is 0 Å². The summed E-state index contributed by atoms with van der Waals surface area (Å²) in [4.78, 5) is 0. The van der Waals surface area contributed by atoms with Crippen molar-refractivity contribution in [3.8, 4) is 0 Å². The van der Waals surface area contributed by atoms with Gasteiger partial charge < -0.3 is 0 Å². The maximum atomic E-state index is 2.33. The highest BCUT2D eigenvalue weighted by Crippen LogP contribution is 2.16. The lowest BCUT2D eigenvalue weighted by atomic mass is 9.91. The van der Waals surface area contributed by atoms with Crippen LogP contribution in [0.15, 0.2) is 24.3 Å². The topological polar surface area (TPSA) is 0 Å². The van der Waals surface area contributed by atoms with Gasteiger partial charge in [0.15, 0.2) is 0 Å². The molecular formula is C14H22. The van der Waals surface area contributed by atoms with E-state index in [2.05, 4.69) is 52.0 Å². The predicted octanol–water partition coefficient (Wildman–Crippen LogP) is 4.08. The Labute approximate surface area is 88.4 Å². The highest BCUT2D eigenvalue weighted by Gasteiger charge is 2.07. The zero-order valence-corrected chi connectivity index (χ0v) is 9.88. The summed E-state index contributed by atoms with van der Waals surface area (Å²) >= 11 is 0. The Kier molecular flexibility index (Phi) is 4.19. The second-order valence-electron chi connectivity index (χ2n) is 4.60. The summed E-state index contributed by atoms with van der Waals surface area (Å²) in [5.41, 5.74) is 2.91. The molecule has 0 aliphatic rings. The minimum Gasteiger partial charge on any atom is -0.0625 e. The molecule has 0 radical (unpaired) electrons. The highest BCUT2D eigenvalue weighted by atomic mass is 14.1. The van der Waals surface area contributed by atoms with E-state index < -0.39 is 0 Å². The van der Waals surface area contributed by atoms with E-state index in [1.54, 1.807) is 0 Å². The maximum Gasteiger partial charge on any atom is -0.0251 e. The van der Waals surface area contributed by atoms with Crippen molar-refractivity contribution in [2.45, 2.75) is 40.5 Å². The number of aryl methyl sites for hydroxylation is 1. The molecule has 1 rings (SSSR count). The lowest BCUT2D eigenvalue weighted by molar-refractivity contribution is 0.417. The summed E-state index contributed by atoms with van der Waals surface area (Å²) in [7, 11) is 0. The maximum absolute atomic E-state index is 2.33. The van der Waals surface area contributed by atoms with E-state index in [1.807, 2.05) is 0 Å². The molecule has 0 aliphatic carbocycles. The molecule has 1 atom stereocenters. The van der Waals surface area contributed by atoms with Gasteiger partial charge in [-0.3, -0.25) is 0 Å². The molecule has 0 heterocycles. The molecule has 0 saturated heterocycles. The van der Waals surface area contributed by atoms with Crippen LogP contribution in [-0.4, -0.2) is 0 Å². The largest absolute Gasteiger partial charge is 0.0625 e. The Hall–Kier alpha value is -0.780. The molecule has 0 fully saturated rings. The lowest BCUT2D eigenvalue weighted by Gasteiger charge is -2.15. The first-order chi connectivity index (χ1) is 6.63. The minimum absolute atomic E-state index is 0.779. The van der Waals surface area contributed by atoms with Gasteiger partial charge in [-0.25, -0.2) is 0 Å². The van der Waals surface area contributed by atoms with E-state index in [0.29, 0.717) is 0 Å². The average molecular weight is 190 g/mol. The Bertz CT molecular complexity index is 256. The fraction of sp³-hybridized carbons (Fsp3) is 0.571. The summed E-state index contributed by atoms with van der Waals surface area (Å²) in [6.45, 7) is 9.13. The molecular weight excluding hydrogens is 168 g/mol. The molecule has 1 unspecified atom stereocenters. The van der Waals surface area contributed by atoms with Crippen LogP contribution in [0.5, 0.6) is 0 Å². The zero-order valence-electron chi connectivity index (χ0n) is 9.88. The van der Waals surface area contributed by atoms with Crippen molar-refractivity contribution in [3.05, 3.63) is 35.4 Å². The van der Waals surface area contributed by atoms with Crippen molar-refractivity contribution < 1.29 is 0 Å². The van der Waals surface area contributed by atoms with Crippen LogP contribution in [0.4, 0.5) is 0 Å². The monoisotopic (exact) mass is 190 g/mol. The van der Waals surface area contributed by atoms with Gasteiger partial charge in [-0.2, -0.15) is 0 Å². The van der Waals surface area contributed by atoms with E-state index in [0.717, 1.165) is 18.3 Å². The molecule has 0 saturated carbocycles. The molecule has 0 heteroatoms. The first-order valence-electron chi connectivity index (χ1n) is 5.71. The van der Waals surface area contributed by atoms with Crippen LogP contribution in [0, 0.1) is 11.8 Å². The van der Waals surface area contributed by atoms with Crippen molar-refractivity contribution >= 4 is 0 Å². The third-order valence-corrected chi connectivity index (χ3v) is 3.13. The first kappa shape index (κ1) is 11.3. The van der Waals surface area contributed by atoms with Gasteiger partial charge in [0.05, 0.1) is 0 Å². The Balaban J connectivity index is 2.59. The summed E-state index contributed by atoms with van der Waals surface area (Å²) in [5.74, 6) is 1.56. The fourth-order valence-electron chi connectivity index (χ4n) is 1.52. The molecule has 0 nitrogen and oxygen atoms in total. The summed E-state index contributed by atoms with van der Waals surface area (Å²) in [5, 5.41) is 0. The predicted molar refractivity (Wildman–Crippen MR) is 63.5 cm³/mol. The average Bonchev–Trinajstić information content (AvgIpc) is 2.19. The molecule has 0 spiro atoms. The van der Waals surface area contributed by atoms with Gasteiger partial charge in [0.25, 0.3) is 0 Å². The van der Waals surface area contributed by atoms with Gasteiger partial charge in [-0.05, 0) is 35.8 Å². The standard InChI is InChI=1S/C14H22/c1-5-13-6-8-14(9-7-13)10-12(4)11(2)3/h6-9,11-12H,5,10H2,1-4H3. The van der Waals surface area contributed by atoms with Crippen molar-refractivity contribution in [2.24, 2.45) is 11.8 Å². The van der Waals surface area contributed by atoms with Gasteiger partial charge in [-0.15, -0.1) is 0 Å². The van der Waals surface area contributed by atoms with E-state index in [1.165, 1.54) is 17.5 Å². The van der Waals surface area contributed by atoms with Gasteiger partial charge in [-0.1, -0.05) is 52.0 Å². The van der Waals surface area contributed by atoms with Crippen LogP contribution in [0.25, 0.3) is 0 Å². The fourth-order valence-corrected chi connectivity index (χ4v) is 1.52. The second-order valence-corrected chi connectivity index (χ2v) is 4.60. The first-order valence-corrected chi connectivity index (χ1v) is 5.71. The quantitative estimate of drug-likeness (QED) is 0.671. The number of hydrogen-bond acceptors (Lipinski definition) is 0. The molecule has 0 N–H and O–H groups in total.